The number of sulfone groups is 1. The third-order valence-corrected chi connectivity index (χ3v) is 7.24. The molecule has 0 spiro atoms. The second-order valence-corrected chi connectivity index (χ2v) is 9.05. The van der Waals surface area contributed by atoms with E-state index in [1.54, 1.807) is 31.2 Å². The van der Waals surface area contributed by atoms with Crippen molar-refractivity contribution in [3.05, 3.63) is 64.1 Å². The Balaban J connectivity index is 2.07. The molecule has 0 unspecified atom stereocenters. The van der Waals surface area contributed by atoms with Gasteiger partial charge in [0.1, 0.15) is 10.8 Å². The maximum atomic E-state index is 13.1. The molecule has 3 rings (SSSR count). The van der Waals surface area contributed by atoms with Gasteiger partial charge in [0, 0.05) is 16.0 Å². The molecule has 138 valence electrons. The predicted octanol–water partition coefficient (Wildman–Crippen LogP) is 3.19. The van der Waals surface area contributed by atoms with E-state index in [-0.39, 0.29) is 11.5 Å². The molecule has 0 heterocycles. The quantitative estimate of drug-likeness (QED) is 0.760. The third kappa shape index (κ3) is 3.11. The van der Waals surface area contributed by atoms with Crippen molar-refractivity contribution in [3.8, 4) is 0 Å². The smallest absolute Gasteiger partial charge is 0.328 e. The minimum atomic E-state index is -3.89. The fourth-order valence-corrected chi connectivity index (χ4v) is 5.78. The monoisotopic (exact) mass is 413 g/mol. The zero-order valence-electron chi connectivity index (χ0n) is 13.9. The fraction of sp³-hybridized carbons (Fsp3) is 0.278. The van der Waals surface area contributed by atoms with Gasteiger partial charge in [0.2, 0.25) is 0 Å². The standard InChI is InChI=1S/C18H17Cl2NO4S/c1-2-25-17(22)18(21)15(11-4-3-5-13(20)10-11)16(18)26(23,24)14-8-6-12(19)7-9-14/h3-10,15-16H,2,21H2,1H3/t15-,16+,18+/m1/s1. The first-order chi connectivity index (χ1) is 12.2. The van der Waals surface area contributed by atoms with Gasteiger partial charge in [-0.05, 0) is 48.9 Å². The third-order valence-electron chi connectivity index (χ3n) is 4.49. The second-order valence-electron chi connectivity index (χ2n) is 6.11. The van der Waals surface area contributed by atoms with E-state index in [1.807, 2.05) is 0 Å². The van der Waals surface area contributed by atoms with Crippen molar-refractivity contribution < 1.29 is 17.9 Å². The second kappa shape index (κ2) is 6.85. The van der Waals surface area contributed by atoms with Crippen LogP contribution in [0.25, 0.3) is 0 Å². The molecule has 0 radical (unpaired) electrons. The van der Waals surface area contributed by atoms with Crippen LogP contribution in [0, 0.1) is 0 Å². The van der Waals surface area contributed by atoms with Gasteiger partial charge in [0.05, 0.1) is 11.5 Å². The van der Waals surface area contributed by atoms with Gasteiger partial charge in [-0.3, -0.25) is 0 Å². The molecule has 2 aromatic rings. The van der Waals surface area contributed by atoms with Crippen LogP contribution in [0.15, 0.2) is 53.4 Å². The first-order valence-electron chi connectivity index (χ1n) is 7.94. The largest absolute Gasteiger partial charge is 0.465 e. The van der Waals surface area contributed by atoms with Crippen molar-refractivity contribution in [2.24, 2.45) is 5.73 Å². The summed E-state index contributed by atoms with van der Waals surface area (Å²) in [6.45, 7) is 1.74. The Bertz CT molecular complexity index is 946. The Morgan fingerprint density at radius 1 is 1.15 bits per heavy atom. The van der Waals surface area contributed by atoms with Crippen molar-refractivity contribution in [3.63, 3.8) is 0 Å². The van der Waals surface area contributed by atoms with Crippen molar-refractivity contribution in [1.29, 1.82) is 0 Å². The van der Waals surface area contributed by atoms with E-state index in [0.29, 0.717) is 15.6 Å². The number of ether oxygens (including phenoxy) is 1. The Hall–Kier alpha value is -1.60. The highest BCUT2D eigenvalue weighted by Crippen LogP contribution is 2.56. The molecule has 0 aliphatic heterocycles. The van der Waals surface area contributed by atoms with Crippen molar-refractivity contribution in [1.82, 2.24) is 0 Å². The fourth-order valence-electron chi connectivity index (χ4n) is 3.23. The highest BCUT2D eigenvalue weighted by Gasteiger charge is 2.74. The van der Waals surface area contributed by atoms with Crippen LogP contribution >= 0.6 is 23.2 Å². The van der Waals surface area contributed by atoms with Crippen LogP contribution in [0.1, 0.15) is 18.4 Å². The van der Waals surface area contributed by atoms with E-state index >= 15 is 0 Å². The van der Waals surface area contributed by atoms with Crippen LogP contribution in [-0.2, 0) is 19.4 Å². The number of carbonyl (C=O) groups is 1. The normalized spacial score (nSPS) is 24.9. The van der Waals surface area contributed by atoms with Crippen molar-refractivity contribution in [2.45, 2.75) is 28.5 Å². The van der Waals surface area contributed by atoms with Gasteiger partial charge in [-0.2, -0.15) is 0 Å². The molecule has 1 fully saturated rings. The van der Waals surface area contributed by atoms with Crippen molar-refractivity contribution >= 4 is 39.0 Å². The summed E-state index contributed by atoms with van der Waals surface area (Å²) >= 11 is 11.9. The first-order valence-corrected chi connectivity index (χ1v) is 10.2. The number of rotatable bonds is 5. The lowest BCUT2D eigenvalue weighted by Gasteiger charge is -2.11. The van der Waals surface area contributed by atoms with Gasteiger partial charge in [-0.25, -0.2) is 13.2 Å². The molecule has 5 nitrogen and oxygen atoms in total. The Morgan fingerprint density at radius 2 is 1.81 bits per heavy atom. The zero-order chi connectivity index (χ0) is 19.1. The van der Waals surface area contributed by atoms with E-state index < -0.39 is 32.5 Å². The van der Waals surface area contributed by atoms with E-state index in [4.69, 9.17) is 33.7 Å². The summed E-state index contributed by atoms with van der Waals surface area (Å²) in [7, 11) is -3.89. The number of hydrogen-bond acceptors (Lipinski definition) is 5. The molecule has 1 aliphatic rings. The molecule has 0 aromatic heterocycles. The van der Waals surface area contributed by atoms with E-state index in [9.17, 15) is 13.2 Å². The zero-order valence-corrected chi connectivity index (χ0v) is 16.2. The van der Waals surface area contributed by atoms with E-state index in [2.05, 4.69) is 0 Å². The molecule has 2 N–H and O–H groups in total. The number of esters is 1. The maximum absolute atomic E-state index is 13.1. The molecule has 0 saturated heterocycles. The summed E-state index contributed by atoms with van der Waals surface area (Å²) < 4.78 is 31.3. The molecule has 26 heavy (non-hydrogen) atoms. The van der Waals surface area contributed by atoms with Gasteiger partial charge in [0.25, 0.3) is 0 Å². The van der Waals surface area contributed by atoms with Crippen LogP contribution < -0.4 is 5.73 Å². The summed E-state index contributed by atoms with van der Waals surface area (Å²) in [6, 6.07) is 12.4. The van der Waals surface area contributed by atoms with Crippen LogP contribution in [0.5, 0.6) is 0 Å². The summed E-state index contributed by atoms with van der Waals surface area (Å²) in [5, 5.41) is -0.299. The maximum Gasteiger partial charge on any atom is 0.328 e. The molecule has 1 aliphatic carbocycles. The van der Waals surface area contributed by atoms with Gasteiger partial charge in [-0.15, -0.1) is 0 Å². The lowest BCUT2D eigenvalue weighted by molar-refractivity contribution is -0.145. The van der Waals surface area contributed by atoms with E-state index in [1.165, 1.54) is 24.3 Å². The van der Waals surface area contributed by atoms with Crippen molar-refractivity contribution in [2.75, 3.05) is 6.61 Å². The van der Waals surface area contributed by atoms with E-state index in [0.717, 1.165) is 0 Å². The molecule has 2 aromatic carbocycles. The average Bonchev–Trinajstić information content (AvgIpc) is 3.24. The van der Waals surface area contributed by atoms with Crippen LogP contribution in [-0.4, -0.2) is 31.8 Å². The number of halogens is 2. The number of hydrogen-bond donors (Lipinski definition) is 1. The average molecular weight is 414 g/mol. The van der Waals surface area contributed by atoms with Gasteiger partial charge < -0.3 is 10.5 Å². The van der Waals surface area contributed by atoms with Gasteiger partial charge in [0.15, 0.2) is 9.84 Å². The summed E-state index contributed by atoms with van der Waals surface area (Å²) in [5.41, 5.74) is 5.19. The highest BCUT2D eigenvalue weighted by molar-refractivity contribution is 7.92. The number of benzene rings is 2. The molecule has 1 saturated carbocycles. The lowest BCUT2D eigenvalue weighted by atomic mass is 10.1. The molecule has 8 heteroatoms. The van der Waals surface area contributed by atoms with Gasteiger partial charge >= 0.3 is 5.97 Å². The minimum Gasteiger partial charge on any atom is -0.465 e. The highest BCUT2D eigenvalue weighted by atomic mass is 35.5. The summed E-state index contributed by atoms with van der Waals surface area (Å²) in [6.07, 6.45) is 0. The Labute approximate surface area is 162 Å². The van der Waals surface area contributed by atoms with Gasteiger partial charge in [-0.1, -0.05) is 35.3 Å². The Morgan fingerprint density at radius 3 is 2.38 bits per heavy atom. The minimum absolute atomic E-state index is 0.0514. The van der Waals surface area contributed by atoms with Crippen LogP contribution in [0.2, 0.25) is 10.0 Å². The molecular weight excluding hydrogens is 397 g/mol. The Kier molecular flexibility index (Phi) is 5.05. The summed E-state index contributed by atoms with van der Waals surface area (Å²) in [5.74, 6) is -1.49. The van der Waals surface area contributed by atoms with Crippen LogP contribution in [0.4, 0.5) is 0 Å². The number of nitrogens with two attached hydrogens (primary N) is 1. The number of carbonyl (C=O) groups excluding carboxylic acids is 1. The molecule has 3 atom stereocenters. The molecule has 0 amide bonds. The predicted molar refractivity (Wildman–Crippen MR) is 100 cm³/mol. The first kappa shape index (κ1) is 19.2. The lowest BCUT2D eigenvalue weighted by Crippen LogP contribution is -2.41. The summed E-state index contributed by atoms with van der Waals surface area (Å²) in [4.78, 5) is 12.5. The molecular formula is C18H17Cl2NO4S. The van der Waals surface area contributed by atoms with Crippen LogP contribution in [0.3, 0.4) is 0 Å². The SMILES string of the molecule is CCOC(=O)[C@]1(N)[C@H](c2cccc(Cl)c2)[C@@H]1S(=O)(=O)c1ccc(Cl)cc1. The topological polar surface area (TPSA) is 86.5 Å². The molecule has 0 bridgehead atoms.